The molecule has 0 bridgehead atoms. The number of carbonyl (C=O) groups excluding carboxylic acids is 2. The lowest BCUT2D eigenvalue weighted by Crippen LogP contribution is -2.14. The Hall–Kier alpha value is -3.88. The summed E-state index contributed by atoms with van der Waals surface area (Å²) in [6.45, 7) is 1.62. The van der Waals surface area contributed by atoms with Crippen molar-refractivity contribution in [1.29, 1.82) is 0 Å². The SMILES string of the molecule is Cc1ccnc(C(=O)Nc2ccc(C(=O)Oc3cccc(C(F)(F)F)c3)cc2)c1O. The van der Waals surface area contributed by atoms with Crippen LogP contribution in [0.4, 0.5) is 18.9 Å². The molecule has 154 valence electrons. The lowest BCUT2D eigenvalue weighted by atomic mass is 10.2. The molecular weight excluding hydrogens is 401 g/mol. The van der Waals surface area contributed by atoms with Crippen LogP contribution in [0, 0.1) is 6.92 Å². The molecule has 0 radical (unpaired) electrons. The van der Waals surface area contributed by atoms with Crippen molar-refractivity contribution < 1.29 is 32.6 Å². The van der Waals surface area contributed by atoms with Gasteiger partial charge in [0.25, 0.3) is 5.91 Å². The highest BCUT2D eigenvalue weighted by Crippen LogP contribution is 2.31. The molecule has 0 saturated heterocycles. The van der Waals surface area contributed by atoms with E-state index in [1.807, 2.05) is 0 Å². The molecule has 0 aliphatic carbocycles. The topological polar surface area (TPSA) is 88.5 Å². The summed E-state index contributed by atoms with van der Waals surface area (Å²) in [6.07, 6.45) is -3.17. The van der Waals surface area contributed by atoms with E-state index in [1.165, 1.54) is 36.5 Å². The zero-order chi connectivity index (χ0) is 21.9. The van der Waals surface area contributed by atoms with E-state index in [2.05, 4.69) is 10.3 Å². The normalized spacial score (nSPS) is 11.1. The van der Waals surface area contributed by atoms with E-state index in [-0.39, 0.29) is 22.8 Å². The van der Waals surface area contributed by atoms with Crippen molar-refractivity contribution >= 4 is 17.6 Å². The van der Waals surface area contributed by atoms with Crippen LogP contribution in [0.15, 0.2) is 60.8 Å². The molecule has 30 heavy (non-hydrogen) atoms. The first-order chi connectivity index (χ1) is 14.1. The fourth-order valence-corrected chi connectivity index (χ4v) is 2.50. The van der Waals surface area contributed by atoms with Crippen LogP contribution in [0.5, 0.6) is 11.5 Å². The zero-order valence-electron chi connectivity index (χ0n) is 15.5. The molecule has 3 rings (SSSR count). The molecule has 0 unspecified atom stereocenters. The number of hydrogen-bond acceptors (Lipinski definition) is 5. The van der Waals surface area contributed by atoms with Crippen LogP contribution in [0.3, 0.4) is 0 Å². The van der Waals surface area contributed by atoms with E-state index in [1.54, 1.807) is 13.0 Å². The van der Waals surface area contributed by atoms with Crippen LogP contribution in [0.25, 0.3) is 0 Å². The van der Waals surface area contributed by atoms with E-state index in [0.717, 1.165) is 18.2 Å². The molecule has 0 atom stereocenters. The van der Waals surface area contributed by atoms with Gasteiger partial charge in [-0.25, -0.2) is 9.78 Å². The fourth-order valence-electron chi connectivity index (χ4n) is 2.50. The number of esters is 1. The number of nitrogens with zero attached hydrogens (tertiary/aromatic N) is 1. The van der Waals surface area contributed by atoms with Crippen molar-refractivity contribution in [3.05, 3.63) is 83.2 Å². The van der Waals surface area contributed by atoms with Gasteiger partial charge < -0.3 is 15.2 Å². The van der Waals surface area contributed by atoms with Gasteiger partial charge in [0.1, 0.15) is 11.5 Å². The highest BCUT2D eigenvalue weighted by molar-refractivity contribution is 6.05. The minimum atomic E-state index is -4.55. The lowest BCUT2D eigenvalue weighted by molar-refractivity contribution is -0.137. The van der Waals surface area contributed by atoms with Crippen molar-refractivity contribution in [2.75, 3.05) is 5.32 Å². The molecule has 3 aromatic rings. The highest BCUT2D eigenvalue weighted by atomic mass is 19.4. The summed E-state index contributed by atoms with van der Waals surface area (Å²) in [6, 6.07) is 11.0. The molecule has 2 N–H and O–H groups in total. The number of rotatable bonds is 4. The minimum Gasteiger partial charge on any atom is -0.505 e. The molecule has 1 amide bonds. The van der Waals surface area contributed by atoms with Gasteiger partial charge in [-0.3, -0.25) is 4.79 Å². The third-order valence-corrected chi connectivity index (χ3v) is 4.09. The Balaban J connectivity index is 1.69. The monoisotopic (exact) mass is 416 g/mol. The Labute approximate surface area is 169 Å². The second-order valence-corrected chi connectivity index (χ2v) is 6.27. The van der Waals surface area contributed by atoms with Crippen LogP contribution in [-0.2, 0) is 6.18 Å². The van der Waals surface area contributed by atoms with Gasteiger partial charge in [0.15, 0.2) is 5.69 Å². The molecule has 1 heterocycles. The van der Waals surface area contributed by atoms with Crippen LogP contribution < -0.4 is 10.1 Å². The predicted molar refractivity (Wildman–Crippen MR) is 101 cm³/mol. The third-order valence-electron chi connectivity index (χ3n) is 4.09. The van der Waals surface area contributed by atoms with Crippen molar-refractivity contribution in [1.82, 2.24) is 4.98 Å². The number of alkyl halides is 3. The minimum absolute atomic E-state index is 0.0712. The van der Waals surface area contributed by atoms with Gasteiger partial charge in [0, 0.05) is 11.9 Å². The summed E-state index contributed by atoms with van der Waals surface area (Å²) in [5.41, 5.74) is -0.204. The first-order valence-corrected chi connectivity index (χ1v) is 8.60. The van der Waals surface area contributed by atoms with Crippen LogP contribution in [0.1, 0.15) is 32.0 Å². The van der Waals surface area contributed by atoms with E-state index in [4.69, 9.17) is 4.74 Å². The van der Waals surface area contributed by atoms with Gasteiger partial charge in [-0.2, -0.15) is 13.2 Å². The Morgan fingerprint density at radius 2 is 1.77 bits per heavy atom. The Bertz CT molecular complexity index is 1100. The number of aromatic hydroxyl groups is 1. The maximum Gasteiger partial charge on any atom is 0.416 e. The summed E-state index contributed by atoms with van der Waals surface area (Å²) in [4.78, 5) is 28.3. The smallest absolute Gasteiger partial charge is 0.416 e. The zero-order valence-corrected chi connectivity index (χ0v) is 15.5. The first-order valence-electron chi connectivity index (χ1n) is 8.60. The van der Waals surface area contributed by atoms with Crippen LogP contribution in [-0.4, -0.2) is 22.0 Å². The number of aryl methyl sites for hydroxylation is 1. The molecule has 0 fully saturated rings. The predicted octanol–water partition coefficient (Wildman–Crippen LogP) is 4.59. The van der Waals surface area contributed by atoms with E-state index in [9.17, 15) is 27.9 Å². The average Bonchev–Trinajstić information content (AvgIpc) is 2.70. The van der Waals surface area contributed by atoms with Crippen molar-refractivity contribution in [2.24, 2.45) is 0 Å². The van der Waals surface area contributed by atoms with Crippen molar-refractivity contribution in [2.45, 2.75) is 13.1 Å². The standard InChI is InChI=1S/C21H15F3N2O4/c1-12-9-10-25-17(18(12)27)19(28)26-15-7-5-13(6-8-15)20(29)30-16-4-2-3-14(11-16)21(22,23)24/h2-11,27H,1H3,(H,26,28). The third kappa shape index (κ3) is 4.75. The Morgan fingerprint density at radius 3 is 2.43 bits per heavy atom. The van der Waals surface area contributed by atoms with Gasteiger partial charge >= 0.3 is 12.1 Å². The maximum atomic E-state index is 12.8. The molecule has 0 saturated carbocycles. The Morgan fingerprint density at radius 1 is 1.07 bits per heavy atom. The molecule has 9 heteroatoms. The number of halogens is 3. The van der Waals surface area contributed by atoms with E-state index >= 15 is 0 Å². The molecule has 2 aromatic carbocycles. The van der Waals surface area contributed by atoms with E-state index < -0.39 is 23.6 Å². The van der Waals surface area contributed by atoms with Crippen LogP contribution >= 0.6 is 0 Å². The van der Waals surface area contributed by atoms with Gasteiger partial charge in [0.05, 0.1) is 11.1 Å². The highest BCUT2D eigenvalue weighted by Gasteiger charge is 2.30. The second-order valence-electron chi connectivity index (χ2n) is 6.27. The summed E-state index contributed by atoms with van der Waals surface area (Å²) < 4.78 is 43.2. The summed E-state index contributed by atoms with van der Waals surface area (Å²) in [5, 5.41) is 12.4. The molecule has 0 aliphatic rings. The number of anilines is 1. The number of amides is 1. The van der Waals surface area contributed by atoms with Crippen LogP contribution in [0.2, 0.25) is 0 Å². The van der Waals surface area contributed by atoms with Gasteiger partial charge in [-0.1, -0.05) is 6.07 Å². The quantitative estimate of drug-likeness (QED) is 0.480. The summed E-state index contributed by atoms with van der Waals surface area (Å²) in [7, 11) is 0. The number of aromatic nitrogens is 1. The Kier molecular flexibility index (Phi) is 5.72. The van der Waals surface area contributed by atoms with Crippen molar-refractivity contribution in [3.8, 4) is 11.5 Å². The largest absolute Gasteiger partial charge is 0.505 e. The van der Waals surface area contributed by atoms with Gasteiger partial charge in [-0.05, 0) is 61.0 Å². The first kappa shape index (κ1) is 20.8. The number of hydrogen-bond donors (Lipinski definition) is 2. The number of nitrogens with one attached hydrogen (secondary N) is 1. The number of carbonyl (C=O) groups is 2. The van der Waals surface area contributed by atoms with E-state index in [0.29, 0.717) is 11.3 Å². The average molecular weight is 416 g/mol. The molecule has 0 spiro atoms. The van der Waals surface area contributed by atoms with Gasteiger partial charge in [-0.15, -0.1) is 0 Å². The molecule has 6 nitrogen and oxygen atoms in total. The second kappa shape index (κ2) is 8.24. The number of pyridine rings is 1. The molecule has 0 aliphatic heterocycles. The van der Waals surface area contributed by atoms with Crippen molar-refractivity contribution in [3.63, 3.8) is 0 Å². The lowest BCUT2D eigenvalue weighted by Gasteiger charge is -2.10. The van der Waals surface area contributed by atoms with Gasteiger partial charge in [0.2, 0.25) is 0 Å². The maximum absolute atomic E-state index is 12.8. The molecule has 1 aromatic heterocycles. The summed E-state index contributed by atoms with van der Waals surface area (Å²) in [5.74, 6) is -1.98. The number of benzene rings is 2. The number of ether oxygens (including phenoxy) is 1. The fraction of sp³-hybridized carbons (Fsp3) is 0.0952. The molecular formula is C21H15F3N2O4. The summed E-state index contributed by atoms with van der Waals surface area (Å²) >= 11 is 0.